The van der Waals surface area contributed by atoms with Gasteiger partial charge in [-0.15, -0.1) is 0 Å². The molecule has 1 heterocycles. The predicted molar refractivity (Wildman–Crippen MR) is 121 cm³/mol. The van der Waals surface area contributed by atoms with Gasteiger partial charge in [-0.1, -0.05) is 12.1 Å². The first-order valence-electron chi connectivity index (χ1n) is 10.7. The van der Waals surface area contributed by atoms with E-state index in [0.717, 1.165) is 30.7 Å². The molecule has 0 bridgehead atoms. The van der Waals surface area contributed by atoms with Crippen LogP contribution in [-0.2, 0) is 20.9 Å². The number of hydrogen-bond acceptors (Lipinski definition) is 6. The van der Waals surface area contributed by atoms with Gasteiger partial charge in [-0.05, 0) is 56.0 Å². The first-order valence-corrected chi connectivity index (χ1v) is 10.7. The topological polar surface area (TPSA) is 78.1 Å². The smallest absolute Gasteiger partial charge is 0.246 e. The van der Waals surface area contributed by atoms with Crippen molar-refractivity contribution >= 4 is 17.3 Å². The highest BCUT2D eigenvalue weighted by molar-refractivity contribution is 5.97. The van der Waals surface area contributed by atoms with Gasteiger partial charge in [-0.25, -0.2) is 0 Å². The van der Waals surface area contributed by atoms with E-state index in [1.807, 2.05) is 31.2 Å². The molecule has 0 aromatic heterocycles. The minimum atomic E-state index is -0.456. The summed E-state index contributed by atoms with van der Waals surface area (Å²) in [7, 11) is 3.14. The minimum Gasteiger partial charge on any atom is -0.497 e. The number of carbonyl (C=O) groups is 1. The maximum atomic E-state index is 12.7. The highest BCUT2D eigenvalue weighted by Crippen LogP contribution is 2.29. The number of hydrogen-bond donors (Lipinski definition) is 2. The van der Waals surface area contributed by atoms with Crippen LogP contribution >= 0.6 is 0 Å². The summed E-state index contributed by atoms with van der Waals surface area (Å²) in [5, 5.41) is 6.14. The molecule has 2 atom stereocenters. The third kappa shape index (κ3) is 6.87. The Balaban J connectivity index is 1.53. The second-order valence-corrected chi connectivity index (χ2v) is 7.63. The van der Waals surface area contributed by atoms with Gasteiger partial charge in [-0.2, -0.15) is 0 Å². The number of benzene rings is 2. The van der Waals surface area contributed by atoms with E-state index in [1.54, 1.807) is 32.4 Å². The van der Waals surface area contributed by atoms with Gasteiger partial charge in [0, 0.05) is 18.4 Å². The molecule has 3 rings (SSSR count). The van der Waals surface area contributed by atoms with Gasteiger partial charge in [-0.3, -0.25) is 4.79 Å². The van der Waals surface area contributed by atoms with Crippen LogP contribution in [0.4, 0.5) is 11.4 Å². The van der Waals surface area contributed by atoms with Crippen molar-refractivity contribution < 1.29 is 23.7 Å². The molecular formula is C24H32N2O5. The summed E-state index contributed by atoms with van der Waals surface area (Å²) in [6, 6.07) is 12.7. The molecule has 1 aliphatic heterocycles. The molecule has 2 unspecified atom stereocenters. The van der Waals surface area contributed by atoms with Crippen LogP contribution in [0.2, 0.25) is 0 Å². The lowest BCUT2D eigenvalue weighted by Crippen LogP contribution is -2.32. The molecule has 1 saturated heterocycles. The van der Waals surface area contributed by atoms with E-state index in [4.69, 9.17) is 18.9 Å². The maximum absolute atomic E-state index is 12.7. The second-order valence-electron chi connectivity index (χ2n) is 7.63. The lowest BCUT2D eigenvalue weighted by Gasteiger charge is -2.22. The Hall–Kier alpha value is -2.77. The van der Waals surface area contributed by atoms with Gasteiger partial charge in [0.15, 0.2) is 0 Å². The first-order chi connectivity index (χ1) is 15.1. The molecule has 2 aromatic rings. The number of amides is 1. The van der Waals surface area contributed by atoms with Crippen LogP contribution in [0.5, 0.6) is 11.5 Å². The van der Waals surface area contributed by atoms with Gasteiger partial charge in [0.05, 0.1) is 39.2 Å². The normalized spacial score (nSPS) is 16.9. The molecular weight excluding hydrogens is 396 g/mol. The van der Waals surface area contributed by atoms with Crippen molar-refractivity contribution in [3.05, 3.63) is 48.0 Å². The highest BCUT2D eigenvalue weighted by Gasteiger charge is 2.16. The van der Waals surface area contributed by atoms with Gasteiger partial charge in [0.25, 0.3) is 0 Å². The van der Waals surface area contributed by atoms with E-state index in [0.29, 0.717) is 30.4 Å². The molecule has 1 amide bonds. The van der Waals surface area contributed by atoms with Crippen molar-refractivity contribution in [2.24, 2.45) is 0 Å². The summed E-state index contributed by atoms with van der Waals surface area (Å²) >= 11 is 0. The lowest BCUT2D eigenvalue weighted by atomic mass is 10.1. The minimum absolute atomic E-state index is 0.178. The summed E-state index contributed by atoms with van der Waals surface area (Å²) < 4.78 is 22.1. The molecule has 0 radical (unpaired) electrons. The predicted octanol–water partition coefficient (Wildman–Crippen LogP) is 4.23. The highest BCUT2D eigenvalue weighted by atomic mass is 16.5. The van der Waals surface area contributed by atoms with E-state index < -0.39 is 6.04 Å². The monoisotopic (exact) mass is 428 g/mol. The maximum Gasteiger partial charge on any atom is 0.246 e. The molecule has 31 heavy (non-hydrogen) atoms. The van der Waals surface area contributed by atoms with Crippen molar-refractivity contribution in [3.63, 3.8) is 0 Å². The zero-order valence-corrected chi connectivity index (χ0v) is 18.5. The standard InChI is InChI=1S/C24H32N2O5/c1-17(24(27)26-22-14-20(28-2)10-11-23(22)29-3)25-19-8-6-7-18(13-19)15-30-16-21-9-4-5-12-31-21/h6-8,10-11,13-14,17,21,25H,4-5,9,12,15-16H2,1-3H3,(H,26,27). The summed E-state index contributed by atoms with van der Waals surface area (Å²) in [6.45, 7) is 3.76. The average Bonchev–Trinajstić information content (AvgIpc) is 2.80. The number of ether oxygens (including phenoxy) is 4. The van der Waals surface area contributed by atoms with Gasteiger partial charge < -0.3 is 29.6 Å². The molecule has 7 nitrogen and oxygen atoms in total. The van der Waals surface area contributed by atoms with E-state index in [1.165, 1.54) is 6.42 Å². The average molecular weight is 429 g/mol. The number of rotatable bonds is 10. The SMILES string of the molecule is COc1ccc(OC)c(NC(=O)C(C)Nc2cccc(COCC3CCCCO3)c2)c1. The quantitative estimate of drug-likeness (QED) is 0.590. The molecule has 0 aliphatic carbocycles. The summed E-state index contributed by atoms with van der Waals surface area (Å²) in [6.07, 6.45) is 3.61. The molecule has 2 aromatic carbocycles. The summed E-state index contributed by atoms with van der Waals surface area (Å²) in [5.74, 6) is 1.04. The third-order valence-corrected chi connectivity index (χ3v) is 5.21. The Morgan fingerprint density at radius 1 is 1.16 bits per heavy atom. The molecule has 2 N–H and O–H groups in total. The molecule has 168 valence electrons. The Morgan fingerprint density at radius 2 is 2.03 bits per heavy atom. The zero-order valence-electron chi connectivity index (χ0n) is 18.5. The van der Waals surface area contributed by atoms with Crippen molar-refractivity contribution in [2.75, 3.05) is 38.1 Å². The van der Waals surface area contributed by atoms with Crippen molar-refractivity contribution in [2.45, 2.75) is 44.9 Å². The fourth-order valence-corrected chi connectivity index (χ4v) is 3.47. The summed E-state index contributed by atoms with van der Waals surface area (Å²) in [5.41, 5.74) is 2.46. The Bertz CT molecular complexity index is 852. The zero-order chi connectivity index (χ0) is 22.1. The van der Waals surface area contributed by atoms with Gasteiger partial charge in [0.1, 0.15) is 17.5 Å². The van der Waals surface area contributed by atoms with Crippen LogP contribution in [0.15, 0.2) is 42.5 Å². The van der Waals surface area contributed by atoms with Crippen LogP contribution in [0, 0.1) is 0 Å². The van der Waals surface area contributed by atoms with Gasteiger partial charge >= 0.3 is 0 Å². The number of nitrogens with one attached hydrogen (secondary N) is 2. The van der Waals surface area contributed by atoms with Crippen molar-refractivity contribution in [1.29, 1.82) is 0 Å². The molecule has 0 saturated carbocycles. The van der Waals surface area contributed by atoms with Crippen LogP contribution in [0.1, 0.15) is 31.7 Å². The van der Waals surface area contributed by atoms with E-state index in [2.05, 4.69) is 10.6 Å². The molecule has 0 spiro atoms. The van der Waals surface area contributed by atoms with E-state index in [-0.39, 0.29) is 12.0 Å². The lowest BCUT2D eigenvalue weighted by molar-refractivity contribution is -0.116. The number of methoxy groups -OCH3 is 2. The number of anilines is 2. The fourth-order valence-electron chi connectivity index (χ4n) is 3.47. The summed E-state index contributed by atoms with van der Waals surface area (Å²) in [4.78, 5) is 12.7. The molecule has 7 heteroatoms. The van der Waals surface area contributed by atoms with Crippen LogP contribution in [-0.4, -0.2) is 45.5 Å². The van der Waals surface area contributed by atoms with Crippen LogP contribution in [0.25, 0.3) is 0 Å². The van der Waals surface area contributed by atoms with E-state index in [9.17, 15) is 4.79 Å². The first kappa shape index (κ1) is 22.9. The Labute approximate surface area is 184 Å². The number of carbonyl (C=O) groups excluding carboxylic acids is 1. The Morgan fingerprint density at radius 3 is 2.77 bits per heavy atom. The van der Waals surface area contributed by atoms with E-state index >= 15 is 0 Å². The fraction of sp³-hybridized carbons (Fsp3) is 0.458. The Kier molecular flexibility index (Phi) is 8.55. The molecule has 1 aliphatic rings. The largest absolute Gasteiger partial charge is 0.497 e. The van der Waals surface area contributed by atoms with Crippen molar-refractivity contribution in [1.82, 2.24) is 0 Å². The second kappa shape index (κ2) is 11.6. The van der Waals surface area contributed by atoms with Crippen LogP contribution < -0.4 is 20.1 Å². The molecule has 1 fully saturated rings. The van der Waals surface area contributed by atoms with Crippen LogP contribution in [0.3, 0.4) is 0 Å². The van der Waals surface area contributed by atoms with Gasteiger partial charge in [0.2, 0.25) is 5.91 Å². The van der Waals surface area contributed by atoms with Crippen molar-refractivity contribution in [3.8, 4) is 11.5 Å². The third-order valence-electron chi connectivity index (χ3n) is 5.21.